The number of methoxy groups -OCH3 is 1. The molecule has 0 aliphatic heterocycles. The molecule has 19 heavy (non-hydrogen) atoms. The van der Waals surface area contributed by atoms with E-state index in [-0.39, 0.29) is 17.6 Å². The van der Waals surface area contributed by atoms with Gasteiger partial charge in [0.1, 0.15) is 0 Å². The second kappa shape index (κ2) is 6.29. The molecule has 100 valence electrons. The van der Waals surface area contributed by atoms with Crippen LogP contribution in [0.25, 0.3) is 0 Å². The third kappa shape index (κ3) is 3.51. The average Bonchev–Trinajstić information content (AvgIpc) is 2.45. The Balaban J connectivity index is 2.00. The van der Waals surface area contributed by atoms with E-state index >= 15 is 0 Å². The smallest absolute Gasteiger partial charge is 0.165 e. The highest BCUT2D eigenvalue weighted by molar-refractivity contribution is 5.31. The molecule has 0 bridgehead atoms. The number of pyridine rings is 1. The van der Waals surface area contributed by atoms with Crippen LogP contribution in [0, 0.1) is 5.82 Å². The normalized spacial score (nSPS) is 12.2. The Kier molecular flexibility index (Phi) is 4.47. The molecule has 1 heterocycles. The van der Waals surface area contributed by atoms with Gasteiger partial charge in [-0.2, -0.15) is 0 Å². The van der Waals surface area contributed by atoms with Gasteiger partial charge in [-0.05, 0) is 42.2 Å². The fourth-order valence-corrected chi connectivity index (χ4v) is 1.95. The standard InChI is InChI=1S/C15H17FN2O/c1-19-15-7-5-12(9-13(15)16)14(17)6-4-11-3-2-8-18-10-11/h2-3,5,7-10,14H,4,6,17H2,1H3. The van der Waals surface area contributed by atoms with Crippen LogP contribution in [0.15, 0.2) is 42.7 Å². The first-order valence-corrected chi connectivity index (χ1v) is 6.18. The third-order valence-corrected chi connectivity index (χ3v) is 3.07. The van der Waals surface area contributed by atoms with Crippen LogP contribution < -0.4 is 10.5 Å². The maximum atomic E-state index is 13.6. The minimum absolute atomic E-state index is 0.194. The van der Waals surface area contributed by atoms with Crippen molar-refractivity contribution < 1.29 is 9.13 Å². The summed E-state index contributed by atoms with van der Waals surface area (Å²) < 4.78 is 18.5. The Morgan fingerprint density at radius 1 is 1.37 bits per heavy atom. The minimum atomic E-state index is -0.378. The van der Waals surface area contributed by atoms with Crippen molar-refractivity contribution in [3.8, 4) is 5.75 Å². The number of hydrogen-bond donors (Lipinski definition) is 1. The van der Waals surface area contributed by atoms with Crippen molar-refractivity contribution in [2.24, 2.45) is 5.73 Å². The van der Waals surface area contributed by atoms with Gasteiger partial charge >= 0.3 is 0 Å². The van der Waals surface area contributed by atoms with E-state index in [9.17, 15) is 4.39 Å². The van der Waals surface area contributed by atoms with Gasteiger partial charge in [-0.15, -0.1) is 0 Å². The Hall–Kier alpha value is -1.94. The van der Waals surface area contributed by atoms with E-state index in [2.05, 4.69) is 4.98 Å². The molecule has 0 spiro atoms. The molecular weight excluding hydrogens is 243 g/mol. The quantitative estimate of drug-likeness (QED) is 0.899. The Labute approximate surface area is 112 Å². The molecule has 0 fully saturated rings. The van der Waals surface area contributed by atoms with E-state index in [4.69, 9.17) is 10.5 Å². The topological polar surface area (TPSA) is 48.1 Å². The van der Waals surface area contributed by atoms with Crippen LogP contribution in [-0.2, 0) is 6.42 Å². The largest absolute Gasteiger partial charge is 0.494 e. The zero-order valence-corrected chi connectivity index (χ0v) is 10.8. The van der Waals surface area contributed by atoms with Gasteiger partial charge in [-0.25, -0.2) is 4.39 Å². The molecule has 4 heteroatoms. The lowest BCUT2D eigenvalue weighted by Gasteiger charge is -2.13. The molecule has 0 radical (unpaired) electrons. The molecule has 2 N–H and O–H groups in total. The lowest BCUT2D eigenvalue weighted by molar-refractivity contribution is 0.385. The fraction of sp³-hybridized carbons (Fsp3) is 0.267. The lowest BCUT2D eigenvalue weighted by atomic mass is 10.0. The summed E-state index contributed by atoms with van der Waals surface area (Å²) in [5.41, 5.74) is 7.99. The monoisotopic (exact) mass is 260 g/mol. The lowest BCUT2D eigenvalue weighted by Crippen LogP contribution is -2.11. The van der Waals surface area contributed by atoms with Crippen molar-refractivity contribution in [3.05, 3.63) is 59.7 Å². The Morgan fingerprint density at radius 3 is 2.84 bits per heavy atom. The number of nitrogens with zero attached hydrogens (tertiary/aromatic N) is 1. The van der Waals surface area contributed by atoms with Gasteiger partial charge in [-0.1, -0.05) is 12.1 Å². The van der Waals surface area contributed by atoms with Gasteiger partial charge in [0.2, 0.25) is 0 Å². The van der Waals surface area contributed by atoms with Gasteiger partial charge < -0.3 is 10.5 Å². The number of benzene rings is 1. The molecule has 2 aromatic rings. The average molecular weight is 260 g/mol. The molecule has 0 aliphatic carbocycles. The number of ether oxygens (including phenoxy) is 1. The maximum Gasteiger partial charge on any atom is 0.165 e. The van der Waals surface area contributed by atoms with E-state index in [0.29, 0.717) is 0 Å². The molecular formula is C15H17FN2O. The van der Waals surface area contributed by atoms with E-state index in [1.165, 1.54) is 13.2 Å². The molecule has 1 aromatic heterocycles. The minimum Gasteiger partial charge on any atom is -0.494 e. The molecule has 0 saturated heterocycles. The third-order valence-electron chi connectivity index (χ3n) is 3.07. The van der Waals surface area contributed by atoms with Crippen molar-refractivity contribution in [2.75, 3.05) is 7.11 Å². The Bertz CT molecular complexity index is 531. The van der Waals surface area contributed by atoms with Crippen molar-refractivity contribution in [2.45, 2.75) is 18.9 Å². The van der Waals surface area contributed by atoms with Crippen LogP contribution in [0.3, 0.4) is 0 Å². The molecule has 1 unspecified atom stereocenters. The van der Waals surface area contributed by atoms with Crippen LogP contribution in [0.5, 0.6) is 5.75 Å². The molecule has 0 amide bonds. The van der Waals surface area contributed by atoms with Crippen LogP contribution in [-0.4, -0.2) is 12.1 Å². The number of aryl methyl sites for hydroxylation is 1. The summed E-state index contributed by atoms with van der Waals surface area (Å²) >= 11 is 0. The summed E-state index contributed by atoms with van der Waals surface area (Å²) in [6.07, 6.45) is 5.13. The number of halogens is 1. The number of aromatic nitrogens is 1. The fourth-order valence-electron chi connectivity index (χ4n) is 1.95. The van der Waals surface area contributed by atoms with E-state index in [1.54, 1.807) is 18.3 Å². The summed E-state index contributed by atoms with van der Waals surface area (Å²) in [4.78, 5) is 4.05. The molecule has 2 rings (SSSR count). The second-order valence-corrected chi connectivity index (χ2v) is 4.40. The van der Waals surface area contributed by atoms with Crippen molar-refractivity contribution in [3.63, 3.8) is 0 Å². The summed E-state index contributed by atoms with van der Waals surface area (Å²) in [6, 6.07) is 8.56. The molecule has 3 nitrogen and oxygen atoms in total. The molecule has 0 saturated carbocycles. The van der Waals surface area contributed by atoms with E-state index in [1.807, 2.05) is 18.3 Å². The van der Waals surface area contributed by atoms with Crippen molar-refractivity contribution >= 4 is 0 Å². The van der Waals surface area contributed by atoms with Crippen LogP contribution >= 0.6 is 0 Å². The Morgan fingerprint density at radius 2 is 2.21 bits per heavy atom. The highest BCUT2D eigenvalue weighted by Crippen LogP contribution is 2.23. The summed E-state index contributed by atoms with van der Waals surface area (Å²) in [5, 5.41) is 0. The highest BCUT2D eigenvalue weighted by atomic mass is 19.1. The van der Waals surface area contributed by atoms with Gasteiger partial charge in [0, 0.05) is 18.4 Å². The van der Waals surface area contributed by atoms with Crippen molar-refractivity contribution in [1.29, 1.82) is 0 Å². The summed E-state index contributed by atoms with van der Waals surface area (Å²) in [5.74, 6) is -0.139. The summed E-state index contributed by atoms with van der Waals surface area (Å²) in [7, 11) is 1.44. The van der Waals surface area contributed by atoms with Crippen LogP contribution in [0.4, 0.5) is 4.39 Å². The van der Waals surface area contributed by atoms with Gasteiger partial charge in [-0.3, -0.25) is 4.98 Å². The number of nitrogens with two attached hydrogens (primary N) is 1. The zero-order chi connectivity index (χ0) is 13.7. The van der Waals surface area contributed by atoms with Crippen molar-refractivity contribution in [1.82, 2.24) is 4.98 Å². The summed E-state index contributed by atoms with van der Waals surface area (Å²) in [6.45, 7) is 0. The first-order chi connectivity index (χ1) is 9.20. The van der Waals surface area contributed by atoms with E-state index in [0.717, 1.165) is 24.0 Å². The predicted octanol–water partition coefficient (Wildman–Crippen LogP) is 2.86. The van der Waals surface area contributed by atoms with Gasteiger partial charge in [0.25, 0.3) is 0 Å². The maximum absolute atomic E-state index is 13.6. The second-order valence-electron chi connectivity index (χ2n) is 4.40. The number of hydrogen-bond acceptors (Lipinski definition) is 3. The zero-order valence-electron chi connectivity index (χ0n) is 10.8. The predicted molar refractivity (Wildman–Crippen MR) is 72.4 cm³/mol. The number of rotatable bonds is 5. The highest BCUT2D eigenvalue weighted by Gasteiger charge is 2.10. The van der Waals surface area contributed by atoms with Crippen LogP contribution in [0.2, 0.25) is 0 Å². The molecule has 1 atom stereocenters. The first kappa shape index (κ1) is 13.5. The van der Waals surface area contributed by atoms with Gasteiger partial charge in [0.05, 0.1) is 7.11 Å². The van der Waals surface area contributed by atoms with E-state index < -0.39 is 0 Å². The SMILES string of the molecule is COc1ccc(C(N)CCc2cccnc2)cc1F. The van der Waals surface area contributed by atoms with Crippen LogP contribution in [0.1, 0.15) is 23.6 Å². The molecule has 1 aromatic carbocycles. The first-order valence-electron chi connectivity index (χ1n) is 6.18. The molecule has 0 aliphatic rings. The van der Waals surface area contributed by atoms with Gasteiger partial charge in [0.15, 0.2) is 11.6 Å².